The summed E-state index contributed by atoms with van der Waals surface area (Å²) in [6, 6.07) is -0.744. The van der Waals surface area contributed by atoms with E-state index in [4.69, 9.17) is 0 Å². The maximum atomic E-state index is 11.9. The molecule has 0 amide bonds. The number of rotatable bonds is 0. The van der Waals surface area contributed by atoms with E-state index in [0.717, 1.165) is 0 Å². The summed E-state index contributed by atoms with van der Waals surface area (Å²) >= 11 is 0. The van der Waals surface area contributed by atoms with Crippen molar-refractivity contribution in [2.75, 3.05) is 0 Å². The van der Waals surface area contributed by atoms with Gasteiger partial charge in [0.05, 0.1) is 6.04 Å². The van der Waals surface area contributed by atoms with Crippen LogP contribution in [-0.4, -0.2) is 18.0 Å². The van der Waals surface area contributed by atoms with E-state index in [1.807, 2.05) is 0 Å². The van der Waals surface area contributed by atoms with Gasteiger partial charge in [0.1, 0.15) is 5.57 Å². The van der Waals surface area contributed by atoms with E-state index < -0.39 is 23.6 Å². The van der Waals surface area contributed by atoms with E-state index in [1.54, 1.807) is 0 Å². The molecule has 1 unspecified atom stereocenters. The predicted molar refractivity (Wildman–Crippen MR) is 31.7 cm³/mol. The molecule has 1 aliphatic rings. The van der Waals surface area contributed by atoms with Crippen LogP contribution in [0.15, 0.2) is 11.8 Å². The quantitative estimate of drug-likeness (QED) is 0.580. The molecule has 5 heteroatoms. The molecule has 1 aliphatic heterocycles. The molecule has 0 saturated heterocycles. The smallest absolute Gasteiger partial charge is 0.381 e. The van der Waals surface area contributed by atoms with E-state index >= 15 is 0 Å². The topological polar surface area (TPSA) is 29.1 Å². The zero-order valence-corrected chi connectivity index (χ0v) is 5.70. The van der Waals surface area contributed by atoms with Crippen molar-refractivity contribution in [2.24, 2.45) is 0 Å². The van der Waals surface area contributed by atoms with Crippen LogP contribution in [0.2, 0.25) is 0 Å². The fourth-order valence-corrected chi connectivity index (χ4v) is 0.810. The maximum Gasteiger partial charge on any atom is 0.421 e. The van der Waals surface area contributed by atoms with Crippen LogP contribution in [0.1, 0.15) is 6.92 Å². The molecule has 1 N–H and O–H groups in total. The summed E-state index contributed by atoms with van der Waals surface area (Å²) in [5.41, 5.74) is -1.09. The molecule has 0 aromatic rings. The highest BCUT2D eigenvalue weighted by atomic mass is 19.4. The van der Waals surface area contributed by atoms with Crippen molar-refractivity contribution in [3.05, 3.63) is 11.8 Å². The van der Waals surface area contributed by atoms with Crippen LogP contribution >= 0.6 is 0 Å². The molecule has 0 fully saturated rings. The minimum absolute atomic E-state index is 0.715. The molecule has 2 nitrogen and oxygen atoms in total. The molecule has 1 rings (SSSR count). The lowest BCUT2D eigenvalue weighted by atomic mass is 10.1. The first kappa shape index (κ1) is 8.10. The Morgan fingerprint density at radius 2 is 2.09 bits per heavy atom. The second-order valence-electron chi connectivity index (χ2n) is 2.31. The number of carbonyl (C=O) groups is 1. The van der Waals surface area contributed by atoms with E-state index in [1.165, 1.54) is 6.92 Å². The van der Waals surface area contributed by atoms with Gasteiger partial charge in [-0.25, -0.2) is 0 Å². The van der Waals surface area contributed by atoms with Crippen LogP contribution in [0.4, 0.5) is 13.2 Å². The molecule has 0 spiro atoms. The zero-order valence-electron chi connectivity index (χ0n) is 5.70. The molecule has 1 heterocycles. The van der Waals surface area contributed by atoms with Gasteiger partial charge in [-0.2, -0.15) is 13.2 Å². The number of ketones is 1. The monoisotopic (exact) mass is 165 g/mol. The van der Waals surface area contributed by atoms with Crippen LogP contribution in [0, 0.1) is 0 Å². The first-order valence-corrected chi connectivity index (χ1v) is 3.00. The Morgan fingerprint density at radius 3 is 2.27 bits per heavy atom. The van der Waals surface area contributed by atoms with Crippen molar-refractivity contribution in [1.82, 2.24) is 5.32 Å². The van der Waals surface area contributed by atoms with Crippen molar-refractivity contribution in [2.45, 2.75) is 19.1 Å². The Morgan fingerprint density at radius 1 is 1.55 bits per heavy atom. The van der Waals surface area contributed by atoms with Gasteiger partial charge in [-0.3, -0.25) is 4.79 Å². The highest BCUT2D eigenvalue weighted by Gasteiger charge is 2.42. The number of nitrogens with one attached hydrogen (secondary N) is 1. The molecular formula is C6H6F3NO. The SMILES string of the molecule is CC1NC=C(C(F)(F)F)C1=O. The summed E-state index contributed by atoms with van der Waals surface area (Å²) in [4.78, 5) is 10.7. The van der Waals surface area contributed by atoms with Crippen LogP contribution in [0.3, 0.4) is 0 Å². The Kier molecular flexibility index (Phi) is 1.66. The number of hydrogen-bond donors (Lipinski definition) is 1. The summed E-state index contributed by atoms with van der Waals surface area (Å²) < 4.78 is 35.6. The minimum Gasteiger partial charge on any atom is -0.381 e. The van der Waals surface area contributed by atoms with E-state index in [0.29, 0.717) is 6.20 Å². The van der Waals surface area contributed by atoms with Gasteiger partial charge in [-0.05, 0) is 6.92 Å². The lowest BCUT2D eigenvalue weighted by Crippen LogP contribution is -2.26. The van der Waals surface area contributed by atoms with Gasteiger partial charge < -0.3 is 5.32 Å². The normalized spacial score (nSPS) is 24.9. The Labute approximate surface area is 61.1 Å². The third-order valence-electron chi connectivity index (χ3n) is 1.44. The fraction of sp³-hybridized carbons (Fsp3) is 0.500. The van der Waals surface area contributed by atoms with Gasteiger partial charge in [0.15, 0.2) is 5.78 Å². The molecule has 0 aliphatic carbocycles. The Balaban J connectivity index is 2.85. The molecular weight excluding hydrogens is 159 g/mol. The largest absolute Gasteiger partial charge is 0.421 e. The molecule has 1 atom stereocenters. The van der Waals surface area contributed by atoms with Crippen molar-refractivity contribution < 1.29 is 18.0 Å². The predicted octanol–water partition coefficient (Wildman–Crippen LogP) is 0.993. The molecule has 0 aromatic carbocycles. The maximum absolute atomic E-state index is 11.9. The lowest BCUT2D eigenvalue weighted by Gasteiger charge is -2.05. The van der Waals surface area contributed by atoms with E-state index in [9.17, 15) is 18.0 Å². The third kappa shape index (κ3) is 1.36. The number of hydrogen-bond acceptors (Lipinski definition) is 2. The van der Waals surface area contributed by atoms with Crippen molar-refractivity contribution in [1.29, 1.82) is 0 Å². The van der Waals surface area contributed by atoms with Crippen molar-refractivity contribution in [3.63, 3.8) is 0 Å². The zero-order chi connectivity index (χ0) is 8.65. The molecule has 62 valence electrons. The Bertz CT molecular complexity index is 218. The fourth-order valence-electron chi connectivity index (χ4n) is 0.810. The average Bonchev–Trinajstić information content (AvgIpc) is 2.11. The lowest BCUT2D eigenvalue weighted by molar-refractivity contribution is -0.128. The summed E-state index contributed by atoms with van der Waals surface area (Å²) in [6.07, 6.45) is -3.80. The summed E-state index contributed by atoms with van der Waals surface area (Å²) in [5, 5.41) is 2.29. The van der Waals surface area contributed by atoms with Gasteiger partial charge in [0.25, 0.3) is 0 Å². The summed E-state index contributed by atoms with van der Waals surface area (Å²) in [6.45, 7) is 1.39. The van der Waals surface area contributed by atoms with Gasteiger partial charge in [0, 0.05) is 6.20 Å². The van der Waals surface area contributed by atoms with Crippen LogP contribution in [0.5, 0.6) is 0 Å². The van der Waals surface area contributed by atoms with E-state index in [2.05, 4.69) is 5.32 Å². The average molecular weight is 165 g/mol. The van der Waals surface area contributed by atoms with E-state index in [-0.39, 0.29) is 0 Å². The van der Waals surface area contributed by atoms with Crippen LogP contribution in [-0.2, 0) is 4.79 Å². The second kappa shape index (κ2) is 2.25. The van der Waals surface area contributed by atoms with Crippen molar-refractivity contribution in [3.8, 4) is 0 Å². The van der Waals surface area contributed by atoms with Crippen LogP contribution < -0.4 is 5.32 Å². The first-order chi connectivity index (χ1) is 4.93. The molecule has 0 bridgehead atoms. The standard InChI is InChI=1S/C6H6F3NO/c1-3-5(11)4(2-10-3)6(7,8)9/h2-3,10H,1H3. The van der Waals surface area contributed by atoms with Crippen LogP contribution in [0.25, 0.3) is 0 Å². The Hall–Kier alpha value is -1.00. The van der Waals surface area contributed by atoms with Gasteiger partial charge in [-0.1, -0.05) is 0 Å². The number of alkyl halides is 3. The third-order valence-corrected chi connectivity index (χ3v) is 1.44. The summed E-state index contributed by atoms with van der Waals surface area (Å²) in [7, 11) is 0. The highest BCUT2D eigenvalue weighted by molar-refractivity contribution is 6.02. The van der Waals surface area contributed by atoms with Gasteiger partial charge in [-0.15, -0.1) is 0 Å². The second-order valence-corrected chi connectivity index (χ2v) is 2.31. The number of carbonyl (C=O) groups excluding carboxylic acids is 1. The highest BCUT2D eigenvalue weighted by Crippen LogP contribution is 2.28. The first-order valence-electron chi connectivity index (χ1n) is 3.00. The molecule has 0 aromatic heterocycles. The molecule has 0 saturated carbocycles. The van der Waals surface area contributed by atoms with Crippen molar-refractivity contribution >= 4 is 5.78 Å². The van der Waals surface area contributed by atoms with Gasteiger partial charge in [0.2, 0.25) is 0 Å². The van der Waals surface area contributed by atoms with Gasteiger partial charge >= 0.3 is 6.18 Å². The molecule has 0 radical (unpaired) electrons. The number of halogens is 3. The number of Topliss-reactive ketones (excluding diaryl/α,β-unsaturated/α-hetero) is 1. The minimum atomic E-state index is -4.52. The molecule has 11 heavy (non-hydrogen) atoms. The summed E-state index contributed by atoms with van der Waals surface area (Å²) in [5.74, 6) is -0.891.